The van der Waals surface area contributed by atoms with Crippen molar-refractivity contribution in [2.24, 2.45) is 0 Å². The van der Waals surface area contributed by atoms with Crippen LogP contribution in [0.25, 0.3) is 0 Å². The van der Waals surface area contributed by atoms with Crippen LogP contribution >= 0.6 is 0 Å². The molecule has 2 heterocycles. The summed E-state index contributed by atoms with van der Waals surface area (Å²) in [7, 11) is 0. The molecule has 0 aliphatic carbocycles. The van der Waals surface area contributed by atoms with Gasteiger partial charge in [-0.15, -0.1) is 0 Å². The van der Waals surface area contributed by atoms with Gasteiger partial charge in [0.2, 0.25) is 0 Å². The van der Waals surface area contributed by atoms with Crippen LogP contribution in [0.15, 0.2) is 47.1 Å². The number of furan rings is 1. The quantitative estimate of drug-likeness (QED) is 0.809. The van der Waals surface area contributed by atoms with E-state index in [1.54, 1.807) is 6.26 Å². The van der Waals surface area contributed by atoms with Crippen LogP contribution in [-0.2, 0) is 16.7 Å². The average Bonchev–Trinajstić information content (AvgIpc) is 3.27. The first kappa shape index (κ1) is 17.7. The number of ether oxygens (including phenoxy) is 1. The van der Waals surface area contributed by atoms with Gasteiger partial charge in [0.1, 0.15) is 5.76 Å². The lowest BCUT2D eigenvalue weighted by atomic mass is 9.86. The monoisotopic (exact) mass is 341 g/mol. The number of nitrogens with zero attached hydrogens (tertiary/aromatic N) is 1. The largest absolute Gasteiger partial charge is 0.467 e. The molecule has 1 amide bonds. The zero-order valence-corrected chi connectivity index (χ0v) is 15.3. The van der Waals surface area contributed by atoms with Crippen molar-refractivity contribution >= 4 is 5.91 Å². The highest BCUT2D eigenvalue weighted by atomic mass is 16.5. The number of hydrogen-bond donors (Lipinski definition) is 0. The summed E-state index contributed by atoms with van der Waals surface area (Å²) in [6, 6.07) is 11.7. The van der Waals surface area contributed by atoms with Gasteiger partial charge in [-0.3, -0.25) is 4.79 Å². The summed E-state index contributed by atoms with van der Waals surface area (Å²) in [5.74, 6) is 0.810. The van der Waals surface area contributed by atoms with Crippen LogP contribution in [0.3, 0.4) is 0 Å². The highest BCUT2D eigenvalue weighted by Crippen LogP contribution is 2.23. The normalized spacial score (nSPS) is 17.6. The standard InChI is InChI=1S/C21H27NO3/c1-21(2,3)17-10-8-16(9-11-17)20(23)22(14-18-6-4-12-24-18)15-19-7-5-13-25-19/h4,6,8-12,19H,5,7,13-15H2,1-3H3/t19-/m0/s1. The Morgan fingerprint density at radius 3 is 2.52 bits per heavy atom. The van der Waals surface area contributed by atoms with Gasteiger partial charge in [0.05, 0.1) is 18.9 Å². The fourth-order valence-electron chi connectivity index (χ4n) is 3.14. The lowest BCUT2D eigenvalue weighted by Crippen LogP contribution is -2.36. The molecular formula is C21H27NO3. The van der Waals surface area contributed by atoms with Crippen LogP contribution in [0.1, 0.15) is 55.3 Å². The third-order valence-corrected chi connectivity index (χ3v) is 4.66. The molecule has 25 heavy (non-hydrogen) atoms. The van der Waals surface area contributed by atoms with Gasteiger partial charge in [-0.25, -0.2) is 0 Å². The van der Waals surface area contributed by atoms with Crippen molar-refractivity contribution in [1.29, 1.82) is 0 Å². The highest BCUT2D eigenvalue weighted by Gasteiger charge is 2.24. The predicted octanol–water partition coefficient (Wildman–Crippen LogP) is 4.40. The molecule has 0 spiro atoms. The molecular weight excluding hydrogens is 314 g/mol. The van der Waals surface area contributed by atoms with E-state index in [0.717, 1.165) is 25.2 Å². The van der Waals surface area contributed by atoms with E-state index >= 15 is 0 Å². The van der Waals surface area contributed by atoms with Gasteiger partial charge in [-0.05, 0) is 48.1 Å². The minimum Gasteiger partial charge on any atom is -0.467 e. The molecule has 0 bridgehead atoms. The Balaban J connectivity index is 1.77. The van der Waals surface area contributed by atoms with Crippen molar-refractivity contribution in [2.45, 2.75) is 51.7 Å². The topological polar surface area (TPSA) is 42.7 Å². The molecule has 1 saturated heterocycles. The van der Waals surface area contributed by atoms with Gasteiger partial charge in [-0.2, -0.15) is 0 Å². The van der Waals surface area contributed by atoms with E-state index in [-0.39, 0.29) is 17.4 Å². The van der Waals surface area contributed by atoms with Crippen molar-refractivity contribution in [3.8, 4) is 0 Å². The second-order valence-electron chi connectivity index (χ2n) is 7.73. The molecule has 0 radical (unpaired) electrons. The number of carbonyl (C=O) groups is 1. The van der Waals surface area contributed by atoms with Crippen molar-refractivity contribution in [1.82, 2.24) is 4.90 Å². The lowest BCUT2D eigenvalue weighted by Gasteiger charge is -2.25. The van der Waals surface area contributed by atoms with Gasteiger partial charge in [0.15, 0.2) is 0 Å². The van der Waals surface area contributed by atoms with Gasteiger partial charge in [-0.1, -0.05) is 32.9 Å². The zero-order chi connectivity index (χ0) is 17.9. The molecule has 2 aromatic rings. The van der Waals surface area contributed by atoms with Gasteiger partial charge < -0.3 is 14.1 Å². The Labute approximate surface area is 149 Å². The highest BCUT2D eigenvalue weighted by molar-refractivity contribution is 5.94. The van der Waals surface area contributed by atoms with Crippen LogP contribution in [0.5, 0.6) is 0 Å². The summed E-state index contributed by atoms with van der Waals surface area (Å²) in [6.45, 7) is 8.36. The first-order valence-corrected chi connectivity index (χ1v) is 8.97. The molecule has 3 rings (SSSR count). The van der Waals surface area contributed by atoms with Crippen LogP contribution in [0, 0.1) is 0 Å². The molecule has 4 heteroatoms. The maximum atomic E-state index is 13.0. The van der Waals surface area contributed by atoms with E-state index in [1.165, 1.54) is 5.56 Å². The Morgan fingerprint density at radius 1 is 1.20 bits per heavy atom. The SMILES string of the molecule is CC(C)(C)c1ccc(C(=O)N(Cc2ccco2)C[C@@H]2CCCO2)cc1. The molecule has 134 valence electrons. The maximum Gasteiger partial charge on any atom is 0.254 e. The second kappa shape index (κ2) is 7.44. The average molecular weight is 341 g/mol. The Hall–Kier alpha value is -2.07. The zero-order valence-electron chi connectivity index (χ0n) is 15.3. The first-order valence-electron chi connectivity index (χ1n) is 8.97. The summed E-state index contributed by atoms with van der Waals surface area (Å²) >= 11 is 0. The van der Waals surface area contributed by atoms with E-state index in [0.29, 0.717) is 18.7 Å². The van der Waals surface area contributed by atoms with Crippen molar-refractivity contribution < 1.29 is 13.9 Å². The van der Waals surface area contributed by atoms with Crippen LogP contribution < -0.4 is 0 Å². The van der Waals surface area contributed by atoms with E-state index in [4.69, 9.17) is 9.15 Å². The molecule has 0 saturated carbocycles. The molecule has 1 fully saturated rings. The maximum absolute atomic E-state index is 13.0. The number of rotatable bonds is 5. The van der Waals surface area contributed by atoms with Crippen molar-refractivity contribution in [3.05, 3.63) is 59.5 Å². The summed E-state index contributed by atoms with van der Waals surface area (Å²) < 4.78 is 11.2. The Morgan fingerprint density at radius 2 is 1.96 bits per heavy atom. The number of carbonyl (C=O) groups excluding carboxylic acids is 1. The number of hydrogen-bond acceptors (Lipinski definition) is 3. The molecule has 1 aromatic heterocycles. The second-order valence-corrected chi connectivity index (χ2v) is 7.73. The third-order valence-electron chi connectivity index (χ3n) is 4.66. The van der Waals surface area contributed by atoms with E-state index in [9.17, 15) is 4.79 Å². The molecule has 4 nitrogen and oxygen atoms in total. The fraction of sp³-hybridized carbons (Fsp3) is 0.476. The summed E-state index contributed by atoms with van der Waals surface area (Å²) in [4.78, 5) is 14.9. The summed E-state index contributed by atoms with van der Waals surface area (Å²) in [5, 5.41) is 0. The lowest BCUT2D eigenvalue weighted by molar-refractivity contribution is 0.0491. The summed E-state index contributed by atoms with van der Waals surface area (Å²) in [5.41, 5.74) is 2.01. The minimum atomic E-state index is 0.0207. The third kappa shape index (κ3) is 4.51. The van der Waals surface area contributed by atoms with E-state index in [1.807, 2.05) is 41.3 Å². The van der Waals surface area contributed by atoms with Crippen LogP contribution in [0.4, 0.5) is 0 Å². The van der Waals surface area contributed by atoms with Crippen molar-refractivity contribution in [3.63, 3.8) is 0 Å². The Kier molecular flexibility index (Phi) is 5.28. The molecule has 0 unspecified atom stereocenters. The van der Waals surface area contributed by atoms with E-state index < -0.39 is 0 Å². The van der Waals surface area contributed by atoms with Crippen LogP contribution in [0.2, 0.25) is 0 Å². The smallest absolute Gasteiger partial charge is 0.254 e. The first-order chi connectivity index (χ1) is 11.9. The summed E-state index contributed by atoms with van der Waals surface area (Å²) in [6.07, 6.45) is 3.83. The molecule has 1 aliphatic rings. The van der Waals surface area contributed by atoms with Crippen LogP contribution in [-0.4, -0.2) is 30.1 Å². The van der Waals surface area contributed by atoms with E-state index in [2.05, 4.69) is 20.8 Å². The molecule has 1 aliphatic heterocycles. The fourth-order valence-corrected chi connectivity index (χ4v) is 3.14. The Bertz CT molecular complexity index is 677. The molecule has 1 atom stereocenters. The predicted molar refractivity (Wildman–Crippen MR) is 97.6 cm³/mol. The van der Waals surface area contributed by atoms with Gasteiger partial charge in [0.25, 0.3) is 5.91 Å². The number of amides is 1. The van der Waals surface area contributed by atoms with Gasteiger partial charge in [0, 0.05) is 18.7 Å². The van der Waals surface area contributed by atoms with Gasteiger partial charge >= 0.3 is 0 Å². The molecule has 0 N–H and O–H groups in total. The number of benzene rings is 1. The minimum absolute atomic E-state index is 0.0207. The molecule has 1 aromatic carbocycles. The van der Waals surface area contributed by atoms with Crippen molar-refractivity contribution in [2.75, 3.05) is 13.2 Å².